The van der Waals surface area contributed by atoms with E-state index in [2.05, 4.69) is 53.2 Å². The first kappa shape index (κ1) is 19.2. The minimum atomic E-state index is -0.202. The minimum Gasteiger partial charge on any atom is -0.469 e. The van der Waals surface area contributed by atoms with Crippen LogP contribution in [-0.4, -0.2) is 37.3 Å². The molecule has 0 aliphatic carbocycles. The predicted molar refractivity (Wildman–Crippen MR) is 100 cm³/mol. The van der Waals surface area contributed by atoms with Crippen LogP contribution in [0.4, 0.5) is 11.4 Å². The molecule has 2 N–H and O–H groups in total. The van der Waals surface area contributed by atoms with Crippen molar-refractivity contribution in [3.8, 4) is 0 Å². The summed E-state index contributed by atoms with van der Waals surface area (Å²) in [7, 11) is 1.39. The normalized spacial score (nSPS) is 10.3. The van der Waals surface area contributed by atoms with Crippen molar-refractivity contribution >= 4 is 34.7 Å². The molecule has 0 unspecified atom stereocenters. The van der Waals surface area contributed by atoms with E-state index < -0.39 is 0 Å². The molecule has 0 aromatic heterocycles. The van der Waals surface area contributed by atoms with Gasteiger partial charge in [-0.2, -0.15) is 0 Å². The summed E-state index contributed by atoms with van der Waals surface area (Å²) in [6, 6.07) is 8.68. The molecule has 0 saturated carbocycles. The van der Waals surface area contributed by atoms with Gasteiger partial charge in [0.05, 0.1) is 7.11 Å². The Morgan fingerprint density at radius 3 is 2.48 bits per heavy atom. The number of hydrogen-bond acceptors (Lipinski definition) is 4. The first-order valence-electron chi connectivity index (χ1n) is 7.96. The first-order chi connectivity index (χ1) is 11.0. The van der Waals surface area contributed by atoms with Crippen LogP contribution < -0.4 is 15.5 Å². The molecule has 0 amide bonds. The Morgan fingerprint density at radius 1 is 1.30 bits per heavy atom. The Balaban J connectivity index is 2.42. The van der Waals surface area contributed by atoms with Gasteiger partial charge in [0.1, 0.15) is 0 Å². The molecule has 5 nitrogen and oxygen atoms in total. The third-order valence-electron chi connectivity index (χ3n) is 3.49. The van der Waals surface area contributed by atoms with Gasteiger partial charge < -0.3 is 20.3 Å². The third-order valence-corrected chi connectivity index (χ3v) is 3.74. The molecule has 0 aliphatic rings. The summed E-state index contributed by atoms with van der Waals surface area (Å²) in [5.74, 6) is -0.202. The van der Waals surface area contributed by atoms with Crippen molar-refractivity contribution < 1.29 is 9.53 Å². The van der Waals surface area contributed by atoms with E-state index in [1.165, 1.54) is 12.8 Å². The maximum absolute atomic E-state index is 11.0. The topological polar surface area (TPSA) is 53.6 Å². The average molecular weight is 337 g/mol. The van der Waals surface area contributed by atoms with Gasteiger partial charge in [0.2, 0.25) is 0 Å². The van der Waals surface area contributed by atoms with Crippen LogP contribution in [0.2, 0.25) is 0 Å². The predicted octanol–water partition coefficient (Wildman–Crippen LogP) is 3.16. The lowest BCUT2D eigenvalue weighted by Crippen LogP contribution is -2.30. The number of esters is 1. The number of benzene rings is 1. The lowest BCUT2D eigenvalue weighted by molar-refractivity contribution is -0.140. The second kappa shape index (κ2) is 10.0. The second-order valence-corrected chi connectivity index (χ2v) is 5.90. The fourth-order valence-corrected chi connectivity index (χ4v) is 2.51. The van der Waals surface area contributed by atoms with Crippen molar-refractivity contribution in [1.82, 2.24) is 5.32 Å². The molecule has 6 heteroatoms. The van der Waals surface area contributed by atoms with Crippen molar-refractivity contribution in [2.45, 2.75) is 39.7 Å². The van der Waals surface area contributed by atoms with Gasteiger partial charge in [-0.15, -0.1) is 0 Å². The van der Waals surface area contributed by atoms with E-state index in [1.54, 1.807) is 0 Å². The van der Waals surface area contributed by atoms with Crippen LogP contribution in [0.15, 0.2) is 24.3 Å². The lowest BCUT2D eigenvalue weighted by atomic mass is 10.2. The van der Waals surface area contributed by atoms with Crippen molar-refractivity contribution in [2.24, 2.45) is 0 Å². The standard InChI is InChI=1S/C17H27N3O2S/c1-5-20(13(2)3)15-10-8-14(9-11-15)19-17(23)18-12-6-7-16(21)22-4/h8-11,13H,5-7,12H2,1-4H3,(H2,18,19,23). The minimum absolute atomic E-state index is 0.202. The monoisotopic (exact) mass is 337 g/mol. The molecule has 0 radical (unpaired) electrons. The number of carbonyl (C=O) groups excluding carboxylic acids is 1. The average Bonchev–Trinajstić information content (AvgIpc) is 2.53. The van der Waals surface area contributed by atoms with Gasteiger partial charge in [-0.05, 0) is 63.7 Å². The third kappa shape index (κ3) is 6.86. The molecule has 0 spiro atoms. The van der Waals surface area contributed by atoms with Gasteiger partial charge in [0, 0.05) is 36.9 Å². The zero-order chi connectivity index (χ0) is 17.2. The van der Waals surface area contributed by atoms with Crippen molar-refractivity contribution in [1.29, 1.82) is 0 Å². The van der Waals surface area contributed by atoms with Gasteiger partial charge in [-0.25, -0.2) is 0 Å². The molecule has 0 atom stereocenters. The highest BCUT2D eigenvalue weighted by Gasteiger charge is 2.08. The first-order valence-corrected chi connectivity index (χ1v) is 8.37. The van der Waals surface area contributed by atoms with Crippen LogP contribution in [0.3, 0.4) is 0 Å². The molecular formula is C17H27N3O2S. The zero-order valence-electron chi connectivity index (χ0n) is 14.4. The van der Waals surface area contributed by atoms with E-state index in [1.807, 2.05) is 12.1 Å². The maximum atomic E-state index is 11.0. The zero-order valence-corrected chi connectivity index (χ0v) is 15.2. The number of thiocarbonyl (C=S) groups is 1. The van der Waals surface area contributed by atoms with Gasteiger partial charge in [-0.3, -0.25) is 4.79 Å². The van der Waals surface area contributed by atoms with Crippen LogP contribution in [0.5, 0.6) is 0 Å². The molecule has 23 heavy (non-hydrogen) atoms. The largest absolute Gasteiger partial charge is 0.469 e. The van der Waals surface area contributed by atoms with Crippen molar-refractivity contribution in [3.05, 3.63) is 24.3 Å². The number of nitrogens with one attached hydrogen (secondary N) is 2. The Hall–Kier alpha value is -1.82. The highest BCUT2D eigenvalue weighted by molar-refractivity contribution is 7.80. The molecule has 0 aliphatic heterocycles. The van der Waals surface area contributed by atoms with Crippen LogP contribution >= 0.6 is 12.2 Å². The molecule has 1 aromatic rings. The van der Waals surface area contributed by atoms with E-state index in [4.69, 9.17) is 12.2 Å². The Labute approximate surface area is 144 Å². The molecule has 0 bridgehead atoms. The Kier molecular flexibility index (Phi) is 8.40. The molecule has 0 heterocycles. The summed E-state index contributed by atoms with van der Waals surface area (Å²) in [5.41, 5.74) is 2.14. The number of carbonyl (C=O) groups is 1. The molecule has 0 fully saturated rings. The van der Waals surface area contributed by atoms with Crippen molar-refractivity contribution in [2.75, 3.05) is 30.4 Å². The summed E-state index contributed by atoms with van der Waals surface area (Å²) in [6.45, 7) is 8.13. The number of hydrogen-bond donors (Lipinski definition) is 2. The smallest absolute Gasteiger partial charge is 0.305 e. The number of nitrogens with zero attached hydrogens (tertiary/aromatic N) is 1. The van der Waals surface area contributed by atoms with Gasteiger partial charge >= 0.3 is 5.97 Å². The molecule has 1 rings (SSSR count). The van der Waals surface area contributed by atoms with Crippen LogP contribution in [0.25, 0.3) is 0 Å². The maximum Gasteiger partial charge on any atom is 0.305 e. The highest BCUT2D eigenvalue weighted by atomic mass is 32.1. The Morgan fingerprint density at radius 2 is 1.96 bits per heavy atom. The number of ether oxygens (including phenoxy) is 1. The second-order valence-electron chi connectivity index (χ2n) is 5.49. The summed E-state index contributed by atoms with van der Waals surface area (Å²) in [4.78, 5) is 13.3. The summed E-state index contributed by atoms with van der Waals surface area (Å²) in [5, 5.41) is 6.78. The molecule has 128 valence electrons. The van der Waals surface area contributed by atoms with E-state index in [0.29, 0.717) is 30.5 Å². The van der Waals surface area contributed by atoms with E-state index >= 15 is 0 Å². The highest BCUT2D eigenvalue weighted by Crippen LogP contribution is 2.19. The van der Waals surface area contributed by atoms with E-state index in [9.17, 15) is 4.79 Å². The number of methoxy groups -OCH3 is 1. The number of rotatable bonds is 8. The van der Waals surface area contributed by atoms with Crippen molar-refractivity contribution in [3.63, 3.8) is 0 Å². The fraction of sp³-hybridized carbons (Fsp3) is 0.529. The SMILES string of the molecule is CCN(c1ccc(NC(=S)NCCCC(=O)OC)cc1)C(C)C. The number of anilines is 2. The van der Waals surface area contributed by atoms with Crippen LogP contribution in [-0.2, 0) is 9.53 Å². The fourth-order valence-electron chi connectivity index (χ4n) is 2.29. The summed E-state index contributed by atoms with van der Waals surface area (Å²) < 4.78 is 4.59. The molecular weight excluding hydrogens is 310 g/mol. The van der Waals surface area contributed by atoms with E-state index in [-0.39, 0.29) is 5.97 Å². The molecule has 1 aromatic carbocycles. The van der Waals surface area contributed by atoms with Gasteiger partial charge in [-0.1, -0.05) is 0 Å². The van der Waals surface area contributed by atoms with Gasteiger partial charge in [0.15, 0.2) is 5.11 Å². The Bertz CT molecular complexity index is 503. The lowest BCUT2D eigenvalue weighted by Gasteiger charge is -2.27. The van der Waals surface area contributed by atoms with Crippen LogP contribution in [0, 0.1) is 0 Å². The van der Waals surface area contributed by atoms with Gasteiger partial charge in [0.25, 0.3) is 0 Å². The summed E-state index contributed by atoms with van der Waals surface area (Å²) in [6.07, 6.45) is 1.08. The summed E-state index contributed by atoms with van der Waals surface area (Å²) >= 11 is 5.24. The van der Waals surface area contributed by atoms with Crippen LogP contribution in [0.1, 0.15) is 33.6 Å². The van der Waals surface area contributed by atoms with E-state index in [0.717, 1.165) is 12.2 Å². The quantitative estimate of drug-likeness (QED) is 0.432. The molecule has 0 saturated heterocycles.